The highest BCUT2D eigenvalue weighted by Gasteiger charge is 2.07. The van der Waals surface area contributed by atoms with E-state index in [1.165, 1.54) is 5.56 Å². The maximum Gasteiger partial charge on any atom is 0.244 e. The molecule has 0 spiro atoms. The van der Waals surface area contributed by atoms with Crippen LogP contribution in [0.1, 0.15) is 45.6 Å². The number of nitrogens with one attached hydrogen (secondary N) is 2. The second-order valence-corrected chi connectivity index (χ2v) is 6.14. The van der Waals surface area contributed by atoms with Crippen LogP contribution in [-0.4, -0.2) is 21.7 Å². The van der Waals surface area contributed by atoms with Gasteiger partial charge in [-0.15, -0.1) is 5.10 Å². The number of anilines is 3. The SMILES string of the molecule is CC(C)CCNc1nncc(Nc2ccccc2C(C)C)n1. The van der Waals surface area contributed by atoms with E-state index in [9.17, 15) is 0 Å². The van der Waals surface area contributed by atoms with Crippen molar-refractivity contribution in [2.45, 2.75) is 40.0 Å². The number of nitrogens with zero attached hydrogens (tertiary/aromatic N) is 3. The molecule has 5 nitrogen and oxygen atoms in total. The molecule has 0 radical (unpaired) electrons. The number of aromatic nitrogens is 3. The van der Waals surface area contributed by atoms with Crippen LogP contribution < -0.4 is 10.6 Å². The van der Waals surface area contributed by atoms with Crippen molar-refractivity contribution in [3.05, 3.63) is 36.0 Å². The van der Waals surface area contributed by atoms with Crippen LogP contribution in [-0.2, 0) is 0 Å². The molecule has 0 fully saturated rings. The summed E-state index contributed by atoms with van der Waals surface area (Å²) in [5.74, 6) is 2.37. The molecule has 2 rings (SSSR count). The summed E-state index contributed by atoms with van der Waals surface area (Å²) in [7, 11) is 0. The molecule has 22 heavy (non-hydrogen) atoms. The molecule has 2 N–H and O–H groups in total. The van der Waals surface area contributed by atoms with Crippen LogP contribution >= 0.6 is 0 Å². The van der Waals surface area contributed by atoms with Gasteiger partial charge >= 0.3 is 0 Å². The third-order valence-corrected chi connectivity index (χ3v) is 3.41. The zero-order valence-electron chi connectivity index (χ0n) is 13.8. The number of benzene rings is 1. The van der Waals surface area contributed by atoms with Gasteiger partial charge in [-0.05, 0) is 29.9 Å². The quantitative estimate of drug-likeness (QED) is 0.802. The molecule has 0 saturated heterocycles. The Kier molecular flexibility index (Phi) is 5.69. The predicted octanol–water partition coefficient (Wildman–Crippen LogP) is 4.20. The van der Waals surface area contributed by atoms with Crippen molar-refractivity contribution in [1.82, 2.24) is 15.2 Å². The van der Waals surface area contributed by atoms with Crippen LogP contribution in [0.15, 0.2) is 30.5 Å². The monoisotopic (exact) mass is 299 g/mol. The van der Waals surface area contributed by atoms with Crippen molar-refractivity contribution in [3.8, 4) is 0 Å². The fraction of sp³-hybridized carbons (Fsp3) is 0.471. The van der Waals surface area contributed by atoms with Gasteiger partial charge in [-0.1, -0.05) is 45.9 Å². The molecule has 1 aromatic heterocycles. The molecule has 0 aliphatic carbocycles. The molecule has 118 valence electrons. The average molecular weight is 299 g/mol. The summed E-state index contributed by atoms with van der Waals surface area (Å²) in [5, 5.41) is 14.6. The van der Waals surface area contributed by atoms with Crippen LogP contribution in [0.5, 0.6) is 0 Å². The third kappa shape index (κ3) is 4.69. The van der Waals surface area contributed by atoms with E-state index >= 15 is 0 Å². The summed E-state index contributed by atoms with van der Waals surface area (Å²) in [6, 6.07) is 8.26. The molecule has 1 heterocycles. The maximum atomic E-state index is 4.47. The Labute approximate surface area is 132 Å². The number of para-hydroxylation sites is 1. The van der Waals surface area contributed by atoms with Gasteiger partial charge in [0.15, 0.2) is 5.82 Å². The van der Waals surface area contributed by atoms with Crippen LogP contribution in [0.2, 0.25) is 0 Å². The highest BCUT2D eigenvalue weighted by molar-refractivity contribution is 5.61. The molecular formula is C17H25N5. The van der Waals surface area contributed by atoms with Gasteiger partial charge in [-0.25, -0.2) is 0 Å². The lowest BCUT2D eigenvalue weighted by Crippen LogP contribution is -2.09. The van der Waals surface area contributed by atoms with Gasteiger partial charge in [0.05, 0.1) is 6.20 Å². The Hall–Kier alpha value is -2.17. The lowest BCUT2D eigenvalue weighted by Gasteiger charge is -2.14. The van der Waals surface area contributed by atoms with Gasteiger partial charge < -0.3 is 10.6 Å². The topological polar surface area (TPSA) is 62.7 Å². The molecule has 5 heteroatoms. The van der Waals surface area contributed by atoms with Crippen molar-refractivity contribution in [2.24, 2.45) is 5.92 Å². The van der Waals surface area contributed by atoms with Crippen LogP contribution in [0.25, 0.3) is 0 Å². The number of rotatable bonds is 7. The molecular weight excluding hydrogens is 274 g/mol. The normalized spacial score (nSPS) is 11.0. The molecule has 0 bridgehead atoms. The van der Waals surface area contributed by atoms with E-state index in [4.69, 9.17) is 0 Å². The van der Waals surface area contributed by atoms with Crippen molar-refractivity contribution < 1.29 is 0 Å². The first-order valence-corrected chi connectivity index (χ1v) is 7.85. The Morgan fingerprint density at radius 1 is 1.09 bits per heavy atom. The zero-order valence-corrected chi connectivity index (χ0v) is 13.8. The average Bonchev–Trinajstić information content (AvgIpc) is 2.47. The summed E-state index contributed by atoms with van der Waals surface area (Å²) in [5.41, 5.74) is 2.32. The fourth-order valence-electron chi connectivity index (χ4n) is 2.16. The second kappa shape index (κ2) is 7.73. The Bertz CT molecular complexity index is 595. The molecule has 0 amide bonds. The molecule has 0 saturated carbocycles. The van der Waals surface area contributed by atoms with E-state index in [0.29, 0.717) is 23.6 Å². The summed E-state index contributed by atoms with van der Waals surface area (Å²) in [6.07, 6.45) is 2.72. The summed E-state index contributed by atoms with van der Waals surface area (Å²) in [6.45, 7) is 9.60. The van der Waals surface area contributed by atoms with E-state index in [2.05, 4.69) is 71.7 Å². The van der Waals surface area contributed by atoms with Gasteiger partial charge in [0, 0.05) is 12.2 Å². The lowest BCUT2D eigenvalue weighted by atomic mass is 10.0. The molecule has 0 unspecified atom stereocenters. The van der Waals surface area contributed by atoms with Crippen LogP contribution in [0.4, 0.5) is 17.5 Å². The standard InChI is InChI=1S/C17H25N5/c1-12(2)9-10-18-17-21-16(11-19-22-17)20-15-8-6-5-7-14(15)13(3)4/h5-8,11-13H,9-10H2,1-4H3,(H2,18,20,21,22). The van der Waals surface area contributed by atoms with Gasteiger partial charge in [-0.2, -0.15) is 10.1 Å². The van der Waals surface area contributed by atoms with Crippen molar-refractivity contribution in [1.29, 1.82) is 0 Å². The predicted molar refractivity (Wildman–Crippen MR) is 91.6 cm³/mol. The highest BCUT2D eigenvalue weighted by Crippen LogP contribution is 2.26. The maximum absolute atomic E-state index is 4.47. The van der Waals surface area contributed by atoms with Gasteiger partial charge in [0.1, 0.15) is 0 Å². The molecule has 0 atom stereocenters. The van der Waals surface area contributed by atoms with E-state index in [1.807, 2.05) is 6.07 Å². The van der Waals surface area contributed by atoms with E-state index in [-0.39, 0.29) is 0 Å². The van der Waals surface area contributed by atoms with E-state index in [0.717, 1.165) is 18.7 Å². The Morgan fingerprint density at radius 3 is 2.59 bits per heavy atom. The minimum atomic E-state index is 0.446. The summed E-state index contributed by atoms with van der Waals surface area (Å²) >= 11 is 0. The van der Waals surface area contributed by atoms with Crippen LogP contribution in [0.3, 0.4) is 0 Å². The number of hydrogen-bond acceptors (Lipinski definition) is 5. The van der Waals surface area contributed by atoms with Gasteiger partial charge in [0.25, 0.3) is 0 Å². The summed E-state index contributed by atoms with van der Waals surface area (Å²) < 4.78 is 0. The Balaban J connectivity index is 2.07. The fourth-order valence-corrected chi connectivity index (χ4v) is 2.16. The first-order valence-electron chi connectivity index (χ1n) is 7.85. The van der Waals surface area contributed by atoms with Crippen molar-refractivity contribution in [2.75, 3.05) is 17.2 Å². The second-order valence-electron chi connectivity index (χ2n) is 6.14. The molecule has 1 aromatic carbocycles. The van der Waals surface area contributed by atoms with Crippen molar-refractivity contribution in [3.63, 3.8) is 0 Å². The lowest BCUT2D eigenvalue weighted by molar-refractivity contribution is 0.605. The van der Waals surface area contributed by atoms with Gasteiger partial charge in [-0.3, -0.25) is 0 Å². The third-order valence-electron chi connectivity index (χ3n) is 3.41. The highest BCUT2D eigenvalue weighted by atomic mass is 15.3. The molecule has 2 aromatic rings. The minimum Gasteiger partial charge on any atom is -0.353 e. The minimum absolute atomic E-state index is 0.446. The first kappa shape index (κ1) is 16.2. The van der Waals surface area contributed by atoms with Crippen molar-refractivity contribution >= 4 is 17.5 Å². The van der Waals surface area contributed by atoms with Gasteiger partial charge in [0.2, 0.25) is 5.95 Å². The Morgan fingerprint density at radius 2 is 1.86 bits per heavy atom. The molecule has 0 aliphatic rings. The van der Waals surface area contributed by atoms with E-state index in [1.54, 1.807) is 6.20 Å². The summed E-state index contributed by atoms with van der Waals surface area (Å²) in [4.78, 5) is 4.47. The number of hydrogen-bond donors (Lipinski definition) is 2. The zero-order chi connectivity index (χ0) is 15.9. The van der Waals surface area contributed by atoms with E-state index < -0.39 is 0 Å². The van der Waals surface area contributed by atoms with Crippen LogP contribution in [0, 0.1) is 5.92 Å². The largest absolute Gasteiger partial charge is 0.353 e. The molecule has 0 aliphatic heterocycles. The first-order chi connectivity index (χ1) is 10.6. The smallest absolute Gasteiger partial charge is 0.244 e.